The van der Waals surface area contributed by atoms with Gasteiger partial charge in [-0.15, -0.1) is 0 Å². The lowest BCUT2D eigenvalue weighted by Gasteiger charge is -2.36. The molecule has 0 spiro atoms. The molecule has 1 heterocycles. The van der Waals surface area contributed by atoms with E-state index < -0.39 is 12.0 Å². The molecular formula is C15H28N2O4. The van der Waals surface area contributed by atoms with Crippen LogP contribution in [0.2, 0.25) is 0 Å². The van der Waals surface area contributed by atoms with E-state index >= 15 is 0 Å². The van der Waals surface area contributed by atoms with Crippen LogP contribution in [0.4, 0.5) is 4.79 Å². The van der Waals surface area contributed by atoms with Crippen molar-refractivity contribution in [2.45, 2.75) is 52.0 Å². The van der Waals surface area contributed by atoms with E-state index in [2.05, 4.69) is 12.2 Å². The van der Waals surface area contributed by atoms with Gasteiger partial charge in [-0.3, -0.25) is 0 Å². The van der Waals surface area contributed by atoms with Gasteiger partial charge in [-0.05, 0) is 31.6 Å². The second-order valence-corrected chi connectivity index (χ2v) is 5.54. The Labute approximate surface area is 126 Å². The summed E-state index contributed by atoms with van der Waals surface area (Å²) in [5, 5.41) is 12.1. The molecule has 0 aliphatic carbocycles. The Bertz CT molecular complexity index is 336. The average Bonchev–Trinajstić information content (AvgIpc) is 2.49. The summed E-state index contributed by atoms with van der Waals surface area (Å²) < 4.78 is 5.34. The van der Waals surface area contributed by atoms with Gasteiger partial charge in [0.05, 0.1) is 0 Å². The highest BCUT2D eigenvalue weighted by Crippen LogP contribution is 2.25. The number of piperidine rings is 1. The fourth-order valence-electron chi connectivity index (χ4n) is 2.60. The van der Waals surface area contributed by atoms with Gasteiger partial charge in [-0.25, -0.2) is 9.59 Å². The molecule has 0 radical (unpaired) electrons. The van der Waals surface area contributed by atoms with Crippen LogP contribution in [0, 0.1) is 5.92 Å². The molecule has 6 heteroatoms. The highest BCUT2D eigenvalue weighted by atomic mass is 16.5. The normalized spacial score (nSPS) is 22.1. The van der Waals surface area contributed by atoms with Gasteiger partial charge in [0, 0.05) is 26.3 Å². The van der Waals surface area contributed by atoms with Crippen molar-refractivity contribution < 1.29 is 19.4 Å². The third-order valence-corrected chi connectivity index (χ3v) is 3.92. The summed E-state index contributed by atoms with van der Waals surface area (Å²) in [6.45, 7) is 6.51. The van der Waals surface area contributed by atoms with Gasteiger partial charge in [-0.1, -0.05) is 20.3 Å². The number of aliphatic carboxylic acids is 1. The Balaban J connectivity index is 2.35. The minimum atomic E-state index is -0.908. The van der Waals surface area contributed by atoms with Crippen LogP contribution >= 0.6 is 0 Å². The van der Waals surface area contributed by atoms with Crippen molar-refractivity contribution in [1.29, 1.82) is 0 Å². The quantitative estimate of drug-likeness (QED) is 0.673. The third kappa shape index (κ3) is 5.91. The summed E-state index contributed by atoms with van der Waals surface area (Å²) in [4.78, 5) is 24.9. The van der Waals surface area contributed by atoms with Crippen molar-refractivity contribution in [3.63, 3.8) is 0 Å². The zero-order chi connectivity index (χ0) is 15.7. The molecule has 0 aromatic rings. The van der Waals surface area contributed by atoms with Crippen LogP contribution in [-0.2, 0) is 9.53 Å². The lowest BCUT2D eigenvalue weighted by Crippen LogP contribution is -2.53. The number of hydrogen-bond acceptors (Lipinski definition) is 3. The minimum absolute atomic E-state index is 0.271. The number of nitrogens with zero attached hydrogens (tertiary/aromatic N) is 1. The first kappa shape index (κ1) is 17.8. The number of carbonyl (C=O) groups is 2. The molecule has 2 amide bonds. The molecule has 2 N–H and O–H groups in total. The van der Waals surface area contributed by atoms with Gasteiger partial charge < -0.3 is 20.1 Å². The predicted molar refractivity (Wildman–Crippen MR) is 80.3 cm³/mol. The fourth-order valence-corrected chi connectivity index (χ4v) is 2.60. The molecule has 1 saturated heterocycles. The van der Waals surface area contributed by atoms with E-state index in [0.717, 1.165) is 32.3 Å². The maximum atomic E-state index is 12.1. The number of amides is 2. The molecule has 0 aromatic heterocycles. The molecule has 0 bridgehead atoms. The topological polar surface area (TPSA) is 78.9 Å². The Hall–Kier alpha value is -1.30. The number of rotatable bonds is 8. The maximum Gasteiger partial charge on any atom is 0.326 e. The molecule has 6 nitrogen and oxygen atoms in total. The van der Waals surface area contributed by atoms with Gasteiger partial charge in [0.15, 0.2) is 0 Å². The maximum absolute atomic E-state index is 12.1. The van der Waals surface area contributed by atoms with Gasteiger partial charge in [0.25, 0.3) is 0 Å². The standard InChI is InChI=1S/C15H28N2O4/c1-3-9-21-10-5-7-16-15(20)17-8-6-12(4-2)11-13(17)14(18)19/h12-13H,3-11H2,1-2H3,(H,16,20)(H,18,19). The first-order chi connectivity index (χ1) is 10.1. The summed E-state index contributed by atoms with van der Waals surface area (Å²) in [5.41, 5.74) is 0. The summed E-state index contributed by atoms with van der Waals surface area (Å²) in [6, 6.07) is -0.965. The number of hydrogen-bond donors (Lipinski definition) is 2. The van der Waals surface area contributed by atoms with Crippen LogP contribution in [-0.4, -0.2) is 54.4 Å². The monoisotopic (exact) mass is 300 g/mol. The van der Waals surface area contributed by atoms with E-state index in [1.807, 2.05) is 6.92 Å². The lowest BCUT2D eigenvalue weighted by atomic mass is 9.89. The number of nitrogens with one attached hydrogen (secondary N) is 1. The summed E-state index contributed by atoms with van der Waals surface area (Å²) in [7, 11) is 0. The fraction of sp³-hybridized carbons (Fsp3) is 0.867. The van der Waals surface area contributed by atoms with Crippen LogP contribution in [0.3, 0.4) is 0 Å². The van der Waals surface area contributed by atoms with E-state index in [1.54, 1.807) is 0 Å². The highest BCUT2D eigenvalue weighted by molar-refractivity contribution is 5.82. The second kappa shape index (κ2) is 9.60. The molecule has 0 saturated carbocycles. The molecule has 21 heavy (non-hydrogen) atoms. The van der Waals surface area contributed by atoms with Crippen LogP contribution in [0.1, 0.15) is 46.0 Å². The Morgan fingerprint density at radius 2 is 2.10 bits per heavy atom. The SMILES string of the molecule is CCCOCCCNC(=O)N1CCC(CC)CC1C(=O)O. The number of carboxylic acids is 1. The Kier molecular flexibility index (Phi) is 8.12. The first-order valence-corrected chi connectivity index (χ1v) is 7.95. The molecule has 122 valence electrons. The van der Waals surface area contributed by atoms with Crippen molar-refractivity contribution in [1.82, 2.24) is 10.2 Å². The molecule has 1 aliphatic rings. The third-order valence-electron chi connectivity index (χ3n) is 3.92. The van der Waals surface area contributed by atoms with Gasteiger partial charge >= 0.3 is 12.0 Å². The van der Waals surface area contributed by atoms with Crippen LogP contribution in [0.15, 0.2) is 0 Å². The predicted octanol–water partition coefficient (Wildman–Crippen LogP) is 2.09. The first-order valence-electron chi connectivity index (χ1n) is 7.95. The Morgan fingerprint density at radius 1 is 1.33 bits per heavy atom. The molecule has 0 aromatic carbocycles. The van der Waals surface area contributed by atoms with Gasteiger partial charge in [0.1, 0.15) is 6.04 Å². The van der Waals surface area contributed by atoms with Crippen molar-refractivity contribution in [2.75, 3.05) is 26.3 Å². The van der Waals surface area contributed by atoms with Gasteiger partial charge in [0.2, 0.25) is 0 Å². The molecule has 1 aliphatic heterocycles. The van der Waals surface area contributed by atoms with Crippen molar-refractivity contribution in [3.05, 3.63) is 0 Å². The van der Waals surface area contributed by atoms with Crippen molar-refractivity contribution in [2.24, 2.45) is 5.92 Å². The molecule has 2 unspecified atom stereocenters. The summed E-state index contributed by atoms with van der Waals surface area (Å²) in [5.74, 6) is -0.507. The van der Waals surface area contributed by atoms with Crippen molar-refractivity contribution in [3.8, 4) is 0 Å². The van der Waals surface area contributed by atoms with E-state index in [4.69, 9.17) is 4.74 Å². The van der Waals surface area contributed by atoms with E-state index in [0.29, 0.717) is 32.0 Å². The summed E-state index contributed by atoms with van der Waals surface area (Å²) >= 11 is 0. The largest absolute Gasteiger partial charge is 0.480 e. The number of likely N-dealkylation sites (tertiary alicyclic amines) is 1. The molecule has 1 fully saturated rings. The number of carboxylic acid groups (broad SMARTS) is 1. The van der Waals surface area contributed by atoms with Crippen LogP contribution < -0.4 is 5.32 Å². The van der Waals surface area contributed by atoms with E-state index in [1.165, 1.54) is 4.90 Å². The molecular weight excluding hydrogens is 272 g/mol. The lowest BCUT2D eigenvalue weighted by molar-refractivity contribution is -0.144. The molecule has 1 rings (SSSR count). The minimum Gasteiger partial charge on any atom is -0.480 e. The van der Waals surface area contributed by atoms with E-state index in [-0.39, 0.29) is 6.03 Å². The highest BCUT2D eigenvalue weighted by Gasteiger charge is 2.35. The zero-order valence-corrected chi connectivity index (χ0v) is 13.1. The molecule has 2 atom stereocenters. The Morgan fingerprint density at radius 3 is 2.71 bits per heavy atom. The number of urea groups is 1. The van der Waals surface area contributed by atoms with Gasteiger partial charge in [-0.2, -0.15) is 0 Å². The van der Waals surface area contributed by atoms with Crippen LogP contribution in [0.25, 0.3) is 0 Å². The number of carbonyl (C=O) groups excluding carboxylic acids is 1. The smallest absolute Gasteiger partial charge is 0.326 e. The van der Waals surface area contributed by atoms with Crippen molar-refractivity contribution >= 4 is 12.0 Å². The number of ether oxygens (including phenoxy) is 1. The average molecular weight is 300 g/mol. The summed E-state index contributed by atoms with van der Waals surface area (Å²) in [6.07, 6.45) is 4.13. The van der Waals surface area contributed by atoms with E-state index in [9.17, 15) is 14.7 Å². The second-order valence-electron chi connectivity index (χ2n) is 5.54. The zero-order valence-electron chi connectivity index (χ0n) is 13.1. The van der Waals surface area contributed by atoms with Crippen LogP contribution in [0.5, 0.6) is 0 Å².